The van der Waals surface area contributed by atoms with Crippen LogP contribution in [0.3, 0.4) is 0 Å². The van der Waals surface area contributed by atoms with E-state index in [0.717, 1.165) is 12.8 Å². The predicted molar refractivity (Wildman–Crippen MR) is 68.2 cm³/mol. The highest BCUT2D eigenvalue weighted by Gasteiger charge is 2.13. The maximum atomic E-state index is 10.6. The third-order valence-corrected chi connectivity index (χ3v) is 2.76. The molecule has 0 unspecified atom stereocenters. The second kappa shape index (κ2) is 6.54. The van der Waals surface area contributed by atoms with Gasteiger partial charge in [-0.25, -0.2) is 0 Å². The first-order valence-electron chi connectivity index (χ1n) is 5.44. The van der Waals surface area contributed by atoms with E-state index in [0.29, 0.717) is 18.4 Å². The Morgan fingerprint density at radius 3 is 2.76 bits per heavy atom. The average molecular weight is 303 g/mol. The van der Waals surface area contributed by atoms with E-state index in [1.54, 1.807) is 0 Å². The zero-order chi connectivity index (χ0) is 12.8. The molecule has 0 aliphatic heterocycles. The van der Waals surface area contributed by atoms with Crippen molar-refractivity contribution >= 4 is 21.6 Å². The van der Waals surface area contributed by atoms with Crippen molar-refractivity contribution in [1.82, 2.24) is 4.98 Å². The molecular weight excluding hydrogens is 288 g/mol. The van der Waals surface area contributed by atoms with Crippen molar-refractivity contribution in [3.8, 4) is 5.88 Å². The van der Waals surface area contributed by atoms with Crippen LogP contribution in [0.1, 0.15) is 26.7 Å². The molecule has 1 rings (SSSR count). The van der Waals surface area contributed by atoms with Gasteiger partial charge in [-0.3, -0.25) is 10.1 Å². The largest absolute Gasteiger partial charge is 0.478 e. The third kappa shape index (κ3) is 4.68. The second-order valence-electron chi connectivity index (χ2n) is 4.10. The molecule has 1 aromatic heterocycles. The van der Waals surface area contributed by atoms with Gasteiger partial charge in [0.15, 0.2) is 4.60 Å². The molecule has 0 saturated heterocycles. The monoisotopic (exact) mass is 302 g/mol. The third-order valence-electron chi connectivity index (χ3n) is 2.18. The summed E-state index contributed by atoms with van der Waals surface area (Å²) < 4.78 is 5.61. The highest BCUT2D eigenvalue weighted by atomic mass is 79.9. The van der Waals surface area contributed by atoms with Crippen LogP contribution in [0.4, 0.5) is 5.69 Å². The summed E-state index contributed by atoms with van der Waals surface area (Å²) in [6, 6.07) is 2.90. The minimum atomic E-state index is -0.486. The standard InChI is InChI=1S/C11H15BrN2O3/c1-8(2)4-3-7-17-10-6-5-9(14(15)16)11(12)13-10/h5-6,8H,3-4,7H2,1-2H3. The lowest BCUT2D eigenvalue weighted by Crippen LogP contribution is -2.02. The predicted octanol–water partition coefficient (Wildman–Crippen LogP) is 3.57. The van der Waals surface area contributed by atoms with Crippen LogP contribution in [0.5, 0.6) is 5.88 Å². The van der Waals surface area contributed by atoms with Gasteiger partial charge < -0.3 is 4.74 Å². The fourth-order valence-corrected chi connectivity index (χ4v) is 1.75. The summed E-state index contributed by atoms with van der Waals surface area (Å²) in [7, 11) is 0. The molecule has 0 aromatic carbocycles. The lowest BCUT2D eigenvalue weighted by Gasteiger charge is -2.07. The Morgan fingerprint density at radius 2 is 2.24 bits per heavy atom. The number of aromatic nitrogens is 1. The fourth-order valence-electron chi connectivity index (χ4n) is 1.30. The van der Waals surface area contributed by atoms with Gasteiger partial charge in [0.1, 0.15) is 0 Å². The summed E-state index contributed by atoms with van der Waals surface area (Å²) in [4.78, 5) is 14.0. The Hall–Kier alpha value is -1.17. The number of nitrogens with zero attached hydrogens (tertiary/aromatic N) is 2. The van der Waals surface area contributed by atoms with Gasteiger partial charge in [0, 0.05) is 12.1 Å². The molecule has 0 bridgehead atoms. The van der Waals surface area contributed by atoms with Gasteiger partial charge >= 0.3 is 5.69 Å². The topological polar surface area (TPSA) is 65.3 Å². The maximum absolute atomic E-state index is 10.6. The number of hydrogen-bond acceptors (Lipinski definition) is 4. The maximum Gasteiger partial charge on any atom is 0.302 e. The van der Waals surface area contributed by atoms with E-state index < -0.39 is 4.92 Å². The van der Waals surface area contributed by atoms with Crippen LogP contribution < -0.4 is 4.74 Å². The molecule has 0 spiro atoms. The van der Waals surface area contributed by atoms with Crippen molar-refractivity contribution in [2.45, 2.75) is 26.7 Å². The van der Waals surface area contributed by atoms with Crippen molar-refractivity contribution in [3.63, 3.8) is 0 Å². The molecule has 6 heteroatoms. The van der Waals surface area contributed by atoms with Crippen molar-refractivity contribution in [2.24, 2.45) is 5.92 Å². The van der Waals surface area contributed by atoms with Crippen LogP contribution in [0, 0.1) is 16.0 Å². The Kier molecular flexibility index (Phi) is 5.34. The second-order valence-corrected chi connectivity index (χ2v) is 4.85. The molecule has 1 heterocycles. The van der Waals surface area contributed by atoms with Gasteiger partial charge in [0.2, 0.25) is 5.88 Å². The van der Waals surface area contributed by atoms with Gasteiger partial charge in [-0.2, -0.15) is 4.98 Å². The molecule has 17 heavy (non-hydrogen) atoms. The number of ether oxygens (including phenoxy) is 1. The van der Waals surface area contributed by atoms with Gasteiger partial charge in [-0.15, -0.1) is 0 Å². The highest BCUT2D eigenvalue weighted by Crippen LogP contribution is 2.25. The van der Waals surface area contributed by atoms with E-state index in [1.165, 1.54) is 12.1 Å². The smallest absolute Gasteiger partial charge is 0.302 e. The van der Waals surface area contributed by atoms with E-state index in [4.69, 9.17) is 4.74 Å². The van der Waals surface area contributed by atoms with Crippen molar-refractivity contribution in [3.05, 3.63) is 26.9 Å². The normalized spacial score (nSPS) is 10.6. The van der Waals surface area contributed by atoms with Crippen LogP contribution in [0.25, 0.3) is 0 Å². The summed E-state index contributed by atoms with van der Waals surface area (Å²) in [5.41, 5.74) is -0.0560. The van der Waals surface area contributed by atoms with Crippen LogP contribution in [-0.2, 0) is 0 Å². The summed E-state index contributed by atoms with van der Waals surface area (Å²) in [5, 5.41) is 10.6. The van der Waals surface area contributed by atoms with Crippen LogP contribution in [0.2, 0.25) is 0 Å². The summed E-state index contributed by atoms with van der Waals surface area (Å²) in [5.74, 6) is 1.06. The Bertz CT molecular complexity index is 396. The highest BCUT2D eigenvalue weighted by molar-refractivity contribution is 9.10. The van der Waals surface area contributed by atoms with Crippen LogP contribution in [-0.4, -0.2) is 16.5 Å². The number of hydrogen-bond donors (Lipinski definition) is 0. The molecule has 0 aliphatic rings. The molecular formula is C11H15BrN2O3. The number of nitro groups is 1. The van der Waals surface area contributed by atoms with E-state index in [2.05, 4.69) is 34.8 Å². The van der Waals surface area contributed by atoms with E-state index in [9.17, 15) is 10.1 Å². The fraction of sp³-hybridized carbons (Fsp3) is 0.545. The molecule has 94 valence electrons. The molecule has 1 aromatic rings. The minimum absolute atomic E-state index is 0.0560. The van der Waals surface area contributed by atoms with Crippen LogP contribution in [0.15, 0.2) is 16.7 Å². The summed E-state index contributed by atoms with van der Waals surface area (Å²) >= 11 is 3.05. The number of halogens is 1. The van der Waals surface area contributed by atoms with Crippen molar-refractivity contribution in [2.75, 3.05) is 6.61 Å². The van der Waals surface area contributed by atoms with E-state index in [1.807, 2.05) is 0 Å². The van der Waals surface area contributed by atoms with Crippen molar-refractivity contribution < 1.29 is 9.66 Å². The molecule has 0 N–H and O–H groups in total. The molecule has 0 saturated carbocycles. The summed E-state index contributed by atoms with van der Waals surface area (Å²) in [6.07, 6.45) is 2.04. The van der Waals surface area contributed by atoms with Crippen LogP contribution >= 0.6 is 15.9 Å². The minimum Gasteiger partial charge on any atom is -0.478 e. The van der Waals surface area contributed by atoms with Gasteiger partial charge in [-0.05, 0) is 34.7 Å². The number of rotatable bonds is 6. The molecule has 5 nitrogen and oxygen atoms in total. The molecule has 0 radical (unpaired) electrons. The Morgan fingerprint density at radius 1 is 1.53 bits per heavy atom. The SMILES string of the molecule is CC(C)CCCOc1ccc([N+](=O)[O-])c(Br)n1. The lowest BCUT2D eigenvalue weighted by molar-refractivity contribution is -0.386. The van der Waals surface area contributed by atoms with Gasteiger partial charge in [0.05, 0.1) is 11.5 Å². The first kappa shape index (κ1) is 13.9. The van der Waals surface area contributed by atoms with E-state index in [-0.39, 0.29) is 10.3 Å². The Labute approximate surface area is 108 Å². The first-order valence-corrected chi connectivity index (χ1v) is 6.23. The molecule has 0 fully saturated rings. The molecule has 0 amide bonds. The zero-order valence-corrected chi connectivity index (χ0v) is 11.4. The number of pyridine rings is 1. The first-order chi connectivity index (χ1) is 8.00. The van der Waals surface area contributed by atoms with Crippen molar-refractivity contribution in [1.29, 1.82) is 0 Å². The average Bonchev–Trinajstić information content (AvgIpc) is 2.23. The van der Waals surface area contributed by atoms with E-state index >= 15 is 0 Å². The zero-order valence-electron chi connectivity index (χ0n) is 9.85. The Balaban J connectivity index is 2.50. The molecule has 0 aliphatic carbocycles. The lowest BCUT2D eigenvalue weighted by atomic mass is 10.1. The quantitative estimate of drug-likeness (QED) is 0.349. The molecule has 0 atom stereocenters. The van der Waals surface area contributed by atoms with Gasteiger partial charge in [-0.1, -0.05) is 13.8 Å². The summed E-state index contributed by atoms with van der Waals surface area (Å²) in [6.45, 7) is 4.89. The van der Waals surface area contributed by atoms with Gasteiger partial charge in [0.25, 0.3) is 0 Å².